The molecule has 4 aromatic rings. The van der Waals surface area contributed by atoms with Gasteiger partial charge in [0.2, 0.25) is 0 Å². The molecule has 2 aromatic heterocycles. The van der Waals surface area contributed by atoms with Crippen molar-refractivity contribution < 1.29 is 26.7 Å². The number of imidazole rings is 1. The molecule has 6 nitrogen and oxygen atoms in total. The van der Waals surface area contributed by atoms with E-state index in [0.29, 0.717) is 22.6 Å². The summed E-state index contributed by atoms with van der Waals surface area (Å²) in [5.74, 6) is -0.620. The van der Waals surface area contributed by atoms with Gasteiger partial charge in [0.15, 0.2) is 15.6 Å². The van der Waals surface area contributed by atoms with Crippen molar-refractivity contribution in [2.45, 2.75) is 23.8 Å². The van der Waals surface area contributed by atoms with Gasteiger partial charge in [0.05, 0.1) is 10.6 Å². The van der Waals surface area contributed by atoms with Crippen molar-refractivity contribution in [3.05, 3.63) is 83.8 Å². The zero-order chi connectivity index (χ0) is 23.3. The van der Waals surface area contributed by atoms with Gasteiger partial charge in [-0.05, 0) is 41.5 Å². The first-order chi connectivity index (χ1) is 15.7. The molecule has 0 amide bonds. The second-order valence-electron chi connectivity index (χ2n) is 7.88. The molecule has 168 valence electrons. The molecule has 5 rings (SSSR count). The Morgan fingerprint density at radius 3 is 2.42 bits per heavy atom. The number of hydrogen-bond acceptors (Lipinski definition) is 5. The Morgan fingerprint density at radius 2 is 1.73 bits per heavy atom. The Kier molecular flexibility index (Phi) is 5.01. The molecule has 0 aliphatic heterocycles. The van der Waals surface area contributed by atoms with Crippen LogP contribution in [0.4, 0.5) is 8.78 Å². The Bertz CT molecular complexity index is 1490. The number of Topliss-reactive ketones (excluding diaryl/α,β-unsaturated/α-hetero) is 1. The van der Waals surface area contributed by atoms with Crippen molar-refractivity contribution in [3.63, 3.8) is 0 Å². The molecule has 1 unspecified atom stereocenters. The minimum absolute atomic E-state index is 0.0284. The van der Waals surface area contributed by atoms with E-state index in [1.165, 1.54) is 18.2 Å². The molecule has 0 saturated carbocycles. The van der Waals surface area contributed by atoms with Gasteiger partial charge in [-0.2, -0.15) is 8.78 Å². The van der Waals surface area contributed by atoms with Gasteiger partial charge in [0.25, 0.3) is 0 Å². The standard InChI is InChI=1S/C24H18F2N2O4S/c1-33(30,31)16-9-6-14(7-10-16)15-8-11-21-27-22-19(29)12-18(23(22)28(21)13-15)17-4-2-3-5-20(17)32-24(25)26/h2-11,13,18,24H,12H2,1H3. The Labute approximate surface area is 188 Å². The summed E-state index contributed by atoms with van der Waals surface area (Å²) >= 11 is 0. The number of ketones is 1. The molecular formula is C24H18F2N2O4S. The first kappa shape index (κ1) is 21.3. The summed E-state index contributed by atoms with van der Waals surface area (Å²) in [5.41, 5.74) is 3.56. The fourth-order valence-electron chi connectivity index (χ4n) is 4.27. The highest BCUT2D eigenvalue weighted by molar-refractivity contribution is 7.90. The SMILES string of the molecule is CS(=O)(=O)c1ccc(-c2ccc3nc4c(n3c2)C(c2ccccc2OC(F)F)CC4=O)cc1. The van der Waals surface area contributed by atoms with Crippen LogP contribution in [0.25, 0.3) is 16.8 Å². The average molecular weight is 468 g/mol. The lowest BCUT2D eigenvalue weighted by atomic mass is 9.95. The van der Waals surface area contributed by atoms with Crippen LogP contribution in [0.5, 0.6) is 5.75 Å². The van der Waals surface area contributed by atoms with Crippen molar-refractivity contribution in [1.29, 1.82) is 0 Å². The number of halogens is 2. The highest BCUT2D eigenvalue weighted by Crippen LogP contribution is 2.42. The second-order valence-corrected chi connectivity index (χ2v) is 9.90. The summed E-state index contributed by atoms with van der Waals surface area (Å²) in [7, 11) is -3.31. The van der Waals surface area contributed by atoms with Gasteiger partial charge in [-0.3, -0.25) is 4.79 Å². The monoisotopic (exact) mass is 468 g/mol. The largest absolute Gasteiger partial charge is 0.435 e. The molecule has 0 fully saturated rings. The summed E-state index contributed by atoms with van der Waals surface area (Å²) in [5, 5.41) is 0. The second kappa shape index (κ2) is 7.77. The number of sulfone groups is 1. The molecule has 2 aromatic carbocycles. The lowest BCUT2D eigenvalue weighted by molar-refractivity contribution is -0.0505. The van der Waals surface area contributed by atoms with Gasteiger partial charge in [-0.15, -0.1) is 0 Å². The predicted octanol–water partition coefficient (Wildman–Crippen LogP) is 4.72. The van der Waals surface area contributed by atoms with Crippen LogP contribution in [-0.2, 0) is 9.84 Å². The number of ether oxygens (including phenoxy) is 1. The molecule has 1 aliphatic rings. The third kappa shape index (κ3) is 3.78. The van der Waals surface area contributed by atoms with E-state index in [-0.39, 0.29) is 22.8 Å². The summed E-state index contributed by atoms with van der Waals surface area (Å²) in [6.07, 6.45) is 3.08. The number of carbonyl (C=O) groups excluding carboxylic acids is 1. The Hall–Kier alpha value is -3.59. The molecular weight excluding hydrogens is 450 g/mol. The average Bonchev–Trinajstić information content (AvgIpc) is 3.30. The summed E-state index contributed by atoms with van der Waals surface area (Å²) in [6.45, 7) is -2.98. The summed E-state index contributed by atoms with van der Waals surface area (Å²) < 4.78 is 55.9. The van der Waals surface area contributed by atoms with Crippen LogP contribution in [-0.4, -0.2) is 36.5 Å². The van der Waals surface area contributed by atoms with E-state index in [9.17, 15) is 22.0 Å². The minimum Gasteiger partial charge on any atom is -0.435 e. The van der Waals surface area contributed by atoms with Crippen LogP contribution in [0.15, 0.2) is 71.8 Å². The van der Waals surface area contributed by atoms with Crippen molar-refractivity contribution in [2.75, 3.05) is 6.26 Å². The smallest absolute Gasteiger partial charge is 0.387 e. The quantitative estimate of drug-likeness (QED) is 0.423. The molecule has 1 aliphatic carbocycles. The first-order valence-electron chi connectivity index (χ1n) is 10.1. The molecule has 0 radical (unpaired) electrons. The van der Waals surface area contributed by atoms with E-state index in [1.54, 1.807) is 40.8 Å². The fraction of sp³-hybridized carbons (Fsp3) is 0.167. The Balaban J connectivity index is 1.62. The number of nitrogens with zero attached hydrogens (tertiary/aromatic N) is 2. The number of benzene rings is 2. The minimum atomic E-state index is -3.31. The van der Waals surface area contributed by atoms with Crippen molar-refractivity contribution in [2.24, 2.45) is 0 Å². The lowest BCUT2D eigenvalue weighted by Gasteiger charge is -2.17. The summed E-state index contributed by atoms with van der Waals surface area (Å²) in [4.78, 5) is 17.4. The molecule has 0 bridgehead atoms. The number of carbonyl (C=O) groups is 1. The highest BCUT2D eigenvalue weighted by Gasteiger charge is 2.37. The highest BCUT2D eigenvalue weighted by atomic mass is 32.2. The number of alkyl halides is 2. The maximum atomic E-state index is 13.0. The molecule has 1 atom stereocenters. The normalized spacial score (nSPS) is 15.9. The zero-order valence-electron chi connectivity index (χ0n) is 17.4. The molecule has 0 spiro atoms. The van der Waals surface area contributed by atoms with Crippen molar-refractivity contribution >= 4 is 21.3 Å². The predicted molar refractivity (Wildman–Crippen MR) is 118 cm³/mol. The number of hydrogen-bond donors (Lipinski definition) is 0. The molecule has 9 heteroatoms. The molecule has 33 heavy (non-hydrogen) atoms. The van der Waals surface area contributed by atoms with Gasteiger partial charge in [0.1, 0.15) is 17.1 Å². The van der Waals surface area contributed by atoms with Crippen molar-refractivity contribution in [3.8, 4) is 16.9 Å². The van der Waals surface area contributed by atoms with Crippen LogP contribution in [0.3, 0.4) is 0 Å². The maximum Gasteiger partial charge on any atom is 0.387 e. The fourth-order valence-corrected chi connectivity index (χ4v) is 4.90. The zero-order valence-corrected chi connectivity index (χ0v) is 18.2. The number of aromatic nitrogens is 2. The number of para-hydroxylation sites is 1. The van der Waals surface area contributed by atoms with E-state index in [2.05, 4.69) is 4.98 Å². The third-order valence-electron chi connectivity index (χ3n) is 5.77. The number of rotatable bonds is 5. The Morgan fingerprint density at radius 1 is 1.03 bits per heavy atom. The van der Waals surface area contributed by atoms with Crippen LogP contribution < -0.4 is 4.74 Å². The van der Waals surface area contributed by atoms with Gasteiger partial charge >= 0.3 is 6.61 Å². The van der Waals surface area contributed by atoms with E-state index in [0.717, 1.165) is 17.4 Å². The summed E-state index contributed by atoms with van der Waals surface area (Å²) in [6, 6.07) is 16.6. The topological polar surface area (TPSA) is 77.7 Å². The van der Waals surface area contributed by atoms with E-state index in [1.807, 2.05) is 12.3 Å². The van der Waals surface area contributed by atoms with Gasteiger partial charge < -0.3 is 9.14 Å². The maximum absolute atomic E-state index is 13.0. The van der Waals surface area contributed by atoms with Crippen LogP contribution in [0.2, 0.25) is 0 Å². The van der Waals surface area contributed by atoms with Gasteiger partial charge in [-0.1, -0.05) is 30.3 Å². The molecule has 0 N–H and O–H groups in total. The lowest BCUT2D eigenvalue weighted by Crippen LogP contribution is -2.08. The van der Waals surface area contributed by atoms with Gasteiger partial charge in [-0.25, -0.2) is 13.4 Å². The van der Waals surface area contributed by atoms with Crippen molar-refractivity contribution in [1.82, 2.24) is 9.38 Å². The third-order valence-corrected chi connectivity index (χ3v) is 6.89. The van der Waals surface area contributed by atoms with E-state index in [4.69, 9.17) is 4.74 Å². The number of fused-ring (bicyclic) bond motifs is 3. The molecule has 0 saturated heterocycles. The van der Waals surface area contributed by atoms with E-state index < -0.39 is 22.4 Å². The first-order valence-corrected chi connectivity index (χ1v) is 12.0. The van der Waals surface area contributed by atoms with Crippen LogP contribution in [0, 0.1) is 0 Å². The number of pyridine rings is 1. The van der Waals surface area contributed by atoms with E-state index >= 15 is 0 Å². The van der Waals surface area contributed by atoms with Gasteiger partial charge in [0, 0.05) is 30.4 Å². The van der Waals surface area contributed by atoms with Crippen LogP contribution >= 0.6 is 0 Å². The molecule has 2 heterocycles. The van der Waals surface area contributed by atoms with Crippen LogP contribution in [0.1, 0.15) is 34.1 Å².